The molecule has 0 spiro atoms. The molecule has 2 fully saturated rings. The Bertz CT molecular complexity index is 788. The number of carboxylic acids is 1. The van der Waals surface area contributed by atoms with Crippen LogP contribution in [0, 0.1) is 0 Å². The molecule has 8 heteroatoms. The third-order valence-corrected chi connectivity index (χ3v) is 7.97. The van der Waals surface area contributed by atoms with E-state index in [1.54, 1.807) is 11.8 Å². The third kappa shape index (κ3) is 5.89. The minimum absolute atomic E-state index is 0.361. The van der Waals surface area contributed by atoms with Crippen molar-refractivity contribution in [3.63, 3.8) is 0 Å². The van der Waals surface area contributed by atoms with Crippen LogP contribution in [0.1, 0.15) is 73.1 Å². The molecule has 0 saturated carbocycles. The molecule has 2 aliphatic heterocycles. The number of piperidine rings is 1. The maximum Gasteiger partial charge on any atom is 0.494 e. The Labute approximate surface area is 204 Å². The molecular formula is C25H41BN2O4S. The first-order valence-corrected chi connectivity index (χ1v) is 13.7. The van der Waals surface area contributed by atoms with E-state index in [0.717, 1.165) is 49.1 Å². The smallest absolute Gasteiger partial charge is 0.480 e. The molecule has 0 aliphatic carbocycles. The van der Waals surface area contributed by atoms with Gasteiger partial charge in [-0.05, 0) is 83.0 Å². The summed E-state index contributed by atoms with van der Waals surface area (Å²) >= 11 is 1.69. The van der Waals surface area contributed by atoms with Crippen molar-refractivity contribution in [3.05, 3.63) is 24.3 Å². The number of carboxylic acid groups (broad SMARTS) is 1. The lowest BCUT2D eigenvalue weighted by atomic mass is 9.79. The molecule has 33 heavy (non-hydrogen) atoms. The first kappa shape index (κ1) is 26.4. The van der Waals surface area contributed by atoms with Crippen LogP contribution in [-0.4, -0.2) is 65.0 Å². The van der Waals surface area contributed by atoms with Gasteiger partial charge in [0, 0.05) is 12.6 Å². The van der Waals surface area contributed by atoms with Crippen LogP contribution in [0.4, 0.5) is 5.69 Å². The van der Waals surface area contributed by atoms with Gasteiger partial charge in [-0.2, -0.15) is 11.8 Å². The summed E-state index contributed by atoms with van der Waals surface area (Å²) in [6, 6.07) is 7.86. The van der Waals surface area contributed by atoms with Crippen molar-refractivity contribution in [1.29, 1.82) is 0 Å². The number of hydrogen-bond donors (Lipinski definition) is 1. The van der Waals surface area contributed by atoms with Crippen LogP contribution >= 0.6 is 11.8 Å². The van der Waals surface area contributed by atoms with Crippen LogP contribution in [0.3, 0.4) is 0 Å². The molecule has 0 amide bonds. The maximum absolute atomic E-state index is 12.5. The summed E-state index contributed by atoms with van der Waals surface area (Å²) in [5.74, 6) is 0.0299. The van der Waals surface area contributed by atoms with Gasteiger partial charge in [-0.15, -0.1) is 0 Å². The quantitative estimate of drug-likeness (QED) is 0.497. The molecule has 1 N–H and O–H groups in total. The fraction of sp³-hybridized carbons (Fsp3) is 0.720. The molecule has 184 valence electrons. The Kier molecular flexibility index (Phi) is 8.81. The van der Waals surface area contributed by atoms with Gasteiger partial charge in [0.15, 0.2) is 0 Å². The number of thioether (sulfide) groups is 1. The molecule has 2 heterocycles. The second-order valence-corrected chi connectivity index (χ2v) is 11.3. The molecule has 6 nitrogen and oxygen atoms in total. The first-order valence-electron chi connectivity index (χ1n) is 12.3. The largest absolute Gasteiger partial charge is 0.494 e. The van der Waals surface area contributed by atoms with Crippen molar-refractivity contribution in [1.82, 2.24) is 5.01 Å². The van der Waals surface area contributed by atoms with Crippen molar-refractivity contribution < 1.29 is 19.2 Å². The van der Waals surface area contributed by atoms with Crippen LogP contribution in [0.5, 0.6) is 0 Å². The lowest BCUT2D eigenvalue weighted by Crippen LogP contribution is -2.58. The number of carbonyl (C=O) groups is 1. The van der Waals surface area contributed by atoms with Gasteiger partial charge in [-0.3, -0.25) is 5.01 Å². The molecule has 0 bridgehead atoms. The van der Waals surface area contributed by atoms with Gasteiger partial charge >= 0.3 is 13.1 Å². The van der Waals surface area contributed by atoms with Gasteiger partial charge in [0.05, 0.1) is 16.9 Å². The highest BCUT2D eigenvalue weighted by Crippen LogP contribution is 2.37. The van der Waals surface area contributed by atoms with Crippen LogP contribution < -0.4 is 10.5 Å². The summed E-state index contributed by atoms with van der Waals surface area (Å²) in [5, 5.41) is 14.7. The SMILES string of the molecule is CCCC1CCCCN1N(c1cccc(B2OC(C)(C)C(C)(C)O2)c1)[C@H](CCSC)C(=O)O. The molecule has 1 unspecified atom stereocenters. The second kappa shape index (κ2) is 11.0. The van der Waals surface area contributed by atoms with Crippen LogP contribution in [0.15, 0.2) is 24.3 Å². The van der Waals surface area contributed by atoms with Crippen molar-refractivity contribution in [2.75, 3.05) is 23.6 Å². The summed E-state index contributed by atoms with van der Waals surface area (Å²) in [6.45, 7) is 11.3. The molecule has 1 aromatic rings. The van der Waals surface area contributed by atoms with Crippen molar-refractivity contribution in [2.45, 2.75) is 96.4 Å². The van der Waals surface area contributed by atoms with E-state index in [0.29, 0.717) is 12.5 Å². The Morgan fingerprint density at radius 2 is 1.97 bits per heavy atom. The molecular weight excluding hydrogens is 435 g/mol. The lowest BCUT2D eigenvalue weighted by Gasteiger charge is -2.47. The maximum atomic E-state index is 12.5. The molecule has 2 aliphatic rings. The van der Waals surface area contributed by atoms with E-state index in [2.05, 4.69) is 50.7 Å². The number of benzene rings is 1. The van der Waals surface area contributed by atoms with Gasteiger partial charge in [-0.1, -0.05) is 31.9 Å². The first-order chi connectivity index (χ1) is 15.6. The number of nitrogens with zero attached hydrogens (tertiary/aromatic N) is 2. The summed E-state index contributed by atoms with van der Waals surface area (Å²) in [5.41, 5.74) is 0.982. The minimum atomic E-state index is -0.772. The van der Waals surface area contributed by atoms with Gasteiger partial charge < -0.3 is 14.4 Å². The zero-order chi connectivity index (χ0) is 24.2. The fourth-order valence-electron chi connectivity index (χ4n) is 4.78. The van der Waals surface area contributed by atoms with E-state index in [-0.39, 0.29) is 0 Å². The fourth-order valence-corrected chi connectivity index (χ4v) is 5.23. The van der Waals surface area contributed by atoms with Gasteiger partial charge in [0.2, 0.25) is 0 Å². The Balaban J connectivity index is 2.00. The predicted molar refractivity (Wildman–Crippen MR) is 138 cm³/mol. The number of rotatable bonds is 10. The van der Waals surface area contributed by atoms with Gasteiger partial charge in [-0.25, -0.2) is 9.80 Å². The number of anilines is 1. The highest BCUT2D eigenvalue weighted by atomic mass is 32.2. The van der Waals surface area contributed by atoms with Crippen molar-refractivity contribution in [2.24, 2.45) is 0 Å². The average molecular weight is 476 g/mol. The van der Waals surface area contributed by atoms with Gasteiger partial charge in [0.25, 0.3) is 0 Å². The lowest BCUT2D eigenvalue weighted by molar-refractivity contribution is -0.140. The molecule has 3 rings (SSSR count). The van der Waals surface area contributed by atoms with E-state index in [9.17, 15) is 9.90 Å². The normalized spacial score (nSPS) is 23.5. The van der Waals surface area contributed by atoms with E-state index >= 15 is 0 Å². The Hall–Kier alpha value is -1.22. The second-order valence-electron chi connectivity index (χ2n) is 10.3. The van der Waals surface area contributed by atoms with Crippen LogP contribution in [0.2, 0.25) is 0 Å². The van der Waals surface area contributed by atoms with Crippen molar-refractivity contribution in [3.8, 4) is 0 Å². The van der Waals surface area contributed by atoms with E-state index in [4.69, 9.17) is 9.31 Å². The zero-order valence-electron chi connectivity index (χ0n) is 21.2. The van der Waals surface area contributed by atoms with E-state index in [1.165, 1.54) is 6.42 Å². The summed E-state index contributed by atoms with van der Waals surface area (Å²) < 4.78 is 12.6. The monoisotopic (exact) mass is 476 g/mol. The Morgan fingerprint density at radius 3 is 2.58 bits per heavy atom. The minimum Gasteiger partial charge on any atom is -0.480 e. The molecule has 2 atom stereocenters. The molecule has 0 aromatic heterocycles. The predicted octanol–water partition coefficient (Wildman–Crippen LogP) is 4.57. The van der Waals surface area contributed by atoms with Gasteiger partial charge in [0.1, 0.15) is 6.04 Å². The Morgan fingerprint density at radius 1 is 1.27 bits per heavy atom. The summed E-state index contributed by atoms with van der Waals surface area (Å²) in [7, 11) is -0.473. The standard InChI is InChI=1S/C25H41BN2O4S/c1-7-11-20-13-8-9-16-27(20)28(22(23(29)30)15-17-33-6)21-14-10-12-19(18-21)26-31-24(2,3)25(4,5)32-26/h10,12,14,18,20,22H,7-9,11,13,15-17H2,1-6H3,(H,29,30)/t20?,22-/m1/s1. The highest BCUT2D eigenvalue weighted by Gasteiger charge is 2.51. The van der Waals surface area contributed by atoms with Crippen LogP contribution in [0.25, 0.3) is 0 Å². The number of aliphatic carboxylic acids is 1. The van der Waals surface area contributed by atoms with E-state index < -0.39 is 30.3 Å². The van der Waals surface area contributed by atoms with Crippen LogP contribution in [-0.2, 0) is 14.1 Å². The summed E-state index contributed by atoms with van der Waals surface area (Å²) in [6.07, 6.45) is 8.17. The topological polar surface area (TPSA) is 62.2 Å². The number of hydrazine groups is 1. The summed E-state index contributed by atoms with van der Waals surface area (Å²) in [4.78, 5) is 12.5. The molecule has 1 aromatic carbocycles. The van der Waals surface area contributed by atoms with E-state index in [1.807, 2.05) is 24.5 Å². The van der Waals surface area contributed by atoms with Crippen molar-refractivity contribution >= 4 is 36.0 Å². The zero-order valence-corrected chi connectivity index (χ0v) is 22.0. The molecule has 0 radical (unpaired) electrons. The third-order valence-electron chi connectivity index (χ3n) is 7.33. The molecule has 2 saturated heterocycles. The average Bonchev–Trinajstić information content (AvgIpc) is 2.99. The number of hydrogen-bond acceptors (Lipinski definition) is 6. The highest BCUT2D eigenvalue weighted by molar-refractivity contribution is 7.98.